The maximum absolute atomic E-state index is 12.1. The highest BCUT2D eigenvalue weighted by Gasteiger charge is 2.38. The molecule has 1 amide bonds. The molecule has 118 valence electrons. The lowest BCUT2D eigenvalue weighted by atomic mass is 10.1. The van der Waals surface area contributed by atoms with Gasteiger partial charge in [-0.2, -0.15) is 13.2 Å². The summed E-state index contributed by atoms with van der Waals surface area (Å²) in [5.41, 5.74) is -0.986. The van der Waals surface area contributed by atoms with Crippen molar-refractivity contribution in [3.05, 3.63) is 27.4 Å². The first-order valence-electron chi connectivity index (χ1n) is 6.17. The first-order chi connectivity index (χ1) is 9.54. The van der Waals surface area contributed by atoms with Crippen molar-refractivity contribution in [1.82, 2.24) is 15.3 Å². The van der Waals surface area contributed by atoms with Crippen LogP contribution < -0.4 is 10.9 Å². The Morgan fingerprint density at radius 3 is 2.43 bits per heavy atom. The first-order valence-corrected chi connectivity index (χ1v) is 6.17. The van der Waals surface area contributed by atoms with Crippen molar-refractivity contribution >= 4 is 5.91 Å². The molecule has 0 aromatic carbocycles. The summed E-state index contributed by atoms with van der Waals surface area (Å²) in [5, 5.41) is 10.7. The minimum Gasteiger partial charge on any atom is -0.382 e. The van der Waals surface area contributed by atoms with Gasteiger partial charge < -0.3 is 15.4 Å². The van der Waals surface area contributed by atoms with Crippen LogP contribution in [0, 0.1) is 6.92 Å². The van der Waals surface area contributed by atoms with Gasteiger partial charge in [-0.25, -0.2) is 4.98 Å². The van der Waals surface area contributed by atoms with Crippen molar-refractivity contribution in [2.75, 3.05) is 6.54 Å². The summed E-state index contributed by atoms with van der Waals surface area (Å²) in [6.07, 6.45) is -7.53. The smallest absolute Gasteiger partial charge is 0.382 e. The van der Waals surface area contributed by atoms with Gasteiger partial charge in [-0.05, 0) is 6.92 Å². The van der Waals surface area contributed by atoms with Crippen LogP contribution >= 0.6 is 0 Å². The number of aliphatic hydroxyl groups is 1. The van der Waals surface area contributed by atoms with Crippen LogP contribution in [0.1, 0.15) is 41.6 Å². The number of carbonyl (C=O) groups is 1. The van der Waals surface area contributed by atoms with Gasteiger partial charge in [0, 0.05) is 5.92 Å². The SMILES string of the molecule is Cc1nc(C(C)C)[nH]c(=O)c1C(=O)NCC(O)C(F)(F)F. The number of hydrogen-bond acceptors (Lipinski definition) is 4. The highest BCUT2D eigenvalue weighted by Crippen LogP contribution is 2.19. The number of carbonyl (C=O) groups excluding carboxylic acids is 1. The fraction of sp³-hybridized carbons (Fsp3) is 0.583. The molecule has 9 heteroatoms. The van der Waals surface area contributed by atoms with Gasteiger partial charge in [0.15, 0.2) is 6.10 Å². The Morgan fingerprint density at radius 1 is 1.43 bits per heavy atom. The lowest BCUT2D eigenvalue weighted by Gasteiger charge is -2.15. The zero-order chi connectivity index (χ0) is 16.4. The van der Waals surface area contributed by atoms with Crippen molar-refractivity contribution in [2.45, 2.75) is 39.0 Å². The van der Waals surface area contributed by atoms with E-state index >= 15 is 0 Å². The molecule has 0 bridgehead atoms. The van der Waals surface area contributed by atoms with Gasteiger partial charge in [0.25, 0.3) is 11.5 Å². The summed E-state index contributed by atoms with van der Waals surface area (Å²) in [6, 6.07) is 0. The van der Waals surface area contributed by atoms with Crippen LogP contribution in [0.3, 0.4) is 0 Å². The Hall–Kier alpha value is -1.90. The van der Waals surface area contributed by atoms with Crippen molar-refractivity contribution < 1.29 is 23.1 Å². The molecule has 0 saturated heterocycles. The van der Waals surface area contributed by atoms with Crippen molar-refractivity contribution in [2.24, 2.45) is 0 Å². The molecular weight excluding hydrogens is 291 g/mol. The van der Waals surface area contributed by atoms with Crippen LogP contribution in [0.5, 0.6) is 0 Å². The van der Waals surface area contributed by atoms with Crippen LogP contribution in [0.15, 0.2) is 4.79 Å². The van der Waals surface area contributed by atoms with E-state index in [2.05, 4.69) is 9.97 Å². The molecule has 0 radical (unpaired) electrons. The highest BCUT2D eigenvalue weighted by molar-refractivity contribution is 5.94. The van der Waals surface area contributed by atoms with E-state index < -0.39 is 30.3 Å². The van der Waals surface area contributed by atoms with Gasteiger partial charge in [0.05, 0.1) is 12.2 Å². The third-order valence-corrected chi connectivity index (χ3v) is 2.73. The zero-order valence-electron chi connectivity index (χ0n) is 11.7. The molecule has 1 aromatic rings. The lowest BCUT2D eigenvalue weighted by molar-refractivity contribution is -0.201. The van der Waals surface area contributed by atoms with E-state index in [0.29, 0.717) is 5.82 Å². The number of nitrogens with zero attached hydrogens (tertiary/aromatic N) is 1. The number of aromatic amines is 1. The van der Waals surface area contributed by atoms with E-state index in [9.17, 15) is 22.8 Å². The molecule has 1 rings (SSSR count). The summed E-state index contributed by atoms with van der Waals surface area (Å²) in [7, 11) is 0. The first kappa shape index (κ1) is 17.2. The Balaban J connectivity index is 2.92. The van der Waals surface area contributed by atoms with Crippen LogP contribution in [0.4, 0.5) is 13.2 Å². The summed E-state index contributed by atoms with van der Waals surface area (Å²) in [5.74, 6) is -0.704. The maximum atomic E-state index is 12.1. The quantitative estimate of drug-likeness (QED) is 0.768. The van der Waals surface area contributed by atoms with Gasteiger partial charge >= 0.3 is 6.18 Å². The number of amides is 1. The topological polar surface area (TPSA) is 95.1 Å². The van der Waals surface area contributed by atoms with Gasteiger partial charge in [-0.1, -0.05) is 13.8 Å². The fourth-order valence-corrected chi connectivity index (χ4v) is 1.54. The summed E-state index contributed by atoms with van der Waals surface area (Å²) in [6.45, 7) is 3.96. The summed E-state index contributed by atoms with van der Waals surface area (Å²) in [4.78, 5) is 30.0. The average molecular weight is 307 g/mol. The maximum Gasteiger partial charge on any atom is 0.416 e. The highest BCUT2D eigenvalue weighted by atomic mass is 19.4. The molecule has 0 aliphatic carbocycles. The molecule has 1 unspecified atom stereocenters. The third kappa shape index (κ3) is 4.28. The van der Waals surface area contributed by atoms with Crippen LogP contribution in [0.25, 0.3) is 0 Å². The van der Waals surface area contributed by atoms with Gasteiger partial charge in [-0.3, -0.25) is 9.59 Å². The number of nitrogens with one attached hydrogen (secondary N) is 2. The van der Waals surface area contributed by atoms with Gasteiger partial charge in [0.1, 0.15) is 11.4 Å². The molecule has 0 aliphatic rings. The summed E-state index contributed by atoms with van der Waals surface area (Å²) < 4.78 is 36.4. The van der Waals surface area contributed by atoms with E-state index in [0.717, 1.165) is 0 Å². The number of aromatic nitrogens is 2. The monoisotopic (exact) mass is 307 g/mol. The number of aliphatic hydroxyl groups excluding tert-OH is 1. The average Bonchev–Trinajstić information content (AvgIpc) is 2.33. The molecule has 21 heavy (non-hydrogen) atoms. The number of rotatable bonds is 4. The van der Waals surface area contributed by atoms with E-state index in [4.69, 9.17) is 5.11 Å². The molecule has 0 saturated carbocycles. The number of halogens is 3. The largest absolute Gasteiger partial charge is 0.416 e. The number of aryl methyl sites for hydroxylation is 1. The Bertz CT molecular complexity index is 581. The minimum absolute atomic E-state index is 0.0689. The third-order valence-electron chi connectivity index (χ3n) is 2.73. The predicted molar refractivity (Wildman–Crippen MR) is 68.1 cm³/mol. The molecule has 0 fully saturated rings. The molecule has 1 aromatic heterocycles. The molecular formula is C12H16F3N3O3. The Labute approximate surface area is 118 Å². The van der Waals surface area contributed by atoms with Crippen molar-refractivity contribution in [1.29, 1.82) is 0 Å². The van der Waals surface area contributed by atoms with Crippen LogP contribution in [-0.4, -0.2) is 39.8 Å². The fourth-order valence-electron chi connectivity index (χ4n) is 1.54. The van der Waals surface area contributed by atoms with Crippen LogP contribution in [-0.2, 0) is 0 Å². The predicted octanol–water partition coefficient (Wildman–Crippen LogP) is 0.855. The second-order valence-electron chi connectivity index (χ2n) is 4.83. The molecule has 3 N–H and O–H groups in total. The molecule has 0 spiro atoms. The minimum atomic E-state index is -4.84. The second-order valence-corrected chi connectivity index (χ2v) is 4.83. The molecule has 1 heterocycles. The summed E-state index contributed by atoms with van der Waals surface area (Å²) >= 11 is 0. The number of alkyl halides is 3. The van der Waals surface area contributed by atoms with Gasteiger partial charge in [0.2, 0.25) is 0 Å². The normalized spacial score (nSPS) is 13.3. The van der Waals surface area contributed by atoms with Crippen molar-refractivity contribution in [3.8, 4) is 0 Å². The van der Waals surface area contributed by atoms with E-state index in [1.807, 2.05) is 5.32 Å². The zero-order valence-corrected chi connectivity index (χ0v) is 11.7. The van der Waals surface area contributed by atoms with Crippen LogP contribution in [0.2, 0.25) is 0 Å². The second kappa shape index (κ2) is 6.25. The van der Waals surface area contributed by atoms with E-state index in [-0.39, 0.29) is 17.2 Å². The van der Waals surface area contributed by atoms with Crippen molar-refractivity contribution in [3.63, 3.8) is 0 Å². The van der Waals surface area contributed by atoms with E-state index in [1.165, 1.54) is 6.92 Å². The Morgan fingerprint density at radius 2 is 2.00 bits per heavy atom. The molecule has 0 aliphatic heterocycles. The molecule has 1 atom stereocenters. The molecule has 6 nitrogen and oxygen atoms in total. The standard InChI is InChI=1S/C12H16F3N3O3/c1-5(2)9-17-6(3)8(11(21)18-9)10(20)16-4-7(19)12(13,14)15/h5,7,19H,4H2,1-3H3,(H,16,20)(H,17,18,21). The number of H-pyrrole nitrogens is 1. The van der Waals surface area contributed by atoms with Gasteiger partial charge in [-0.15, -0.1) is 0 Å². The Kier molecular flexibility index (Phi) is 5.10. The number of hydrogen-bond donors (Lipinski definition) is 3. The lowest BCUT2D eigenvalue weighted by Crippen LogP contribution is -2.42. The van der Waals surface area contributed by atoms with E-state index in [1.54, 1.807) is 13.8 Å².